The maximum Gasteiger partial charge on any atom is 0.239 e. The van der Waals surface area contributed by atoms with Crippen LogP contribution >= 0.6 is 0 Å². The van der Waals surface area contributed by atoms with Crippen molar-refractivity contribution in [2.75, 3.05) is 6.61 Å². The van der Waals surface area contributed by atoms with Gasteiger partial charge in [0.2, 0.25) is 17.5 Å². The summed E-state index contributed by atoms with van der Waals surface area (Å²) < 4.78 is 16.4. The molecule has 1 fully saturated rings. The quantitative estimate of drug-likeness (QED) is 0.215. The van der Waals surface area contributed by atoms with Gasteiger partial charge in [-0.1, -0.05) is 0 Å². The van der Waals surface area contributed by atoms with Crippen LogP contribution in [-0.4, -0.2) is 77.3 Å². The summed E-state index contributed by atoms with van der Waals surface area (Å²) in [6.45, 7) is 0.0475. The molecular formula is C22H20O13. The van der Waals surface area contributed by atoms with Gasteiger partial charge >= 0.3 is 0 Å². The maximum absolute atomic E-state index is 13.3. The number of aliphatic hydroxyl groups is 3. The molecule has 0 aliphatic carbocycles. The maximum atomic E-state index is 13.3. The summed E-state index contributed by atoms with van der Waals surface area (Å²) in [7, 11) is 0. The third kappa shape index (κ3) is 3.66. The Morgan fingerprint density at radius 1 is 1.06 bits per heavy atom. The van der Waals surface area contributed by atoms with Crippen molar-refractivity contribution in [2.24, 2.45) is 0 Å². The summed E-state index contributed by atoms with van der Waals surface area (Å²) >= 11 is 0. The summed E-state index contributed by atoms with van der Waals surface area (Å²) in [5.74, 6) is -5.91. The van der Waals surface area contributed by atoms with Crippen LogP contribution in [0.2, 0.25) is 0 Å². The number of ether oxygens (including phenoxy) is 2. The molecule has 1 aliphatic heterocycles. The molecule has 0 bridgehead atoms. The molecule has 13 heteroatoms. The van der Waals surface area contributed by atoms with Crippen LogP contribution in [0.4, 0.5) is 0 Å². The van der Waals surface area contributed by atoms with Crippen molar-refractivity contribution in [3.05, 3.63) is 34.5 Å². The number of aliphatic hydroxyl groups excluding tert-OH is 2. The lowest BCUT2D eigenvalue weighted by atomic mass is 9.89. The highest BCUT2D eigenvalue weighted by atomic mass is 16.7. The molecule has 8 N–H and O–H groups in total. The van der Waals surface area contributed by atoms with Crippen LogP contribution in [0.25, 0.3) is 22.3 Å². The standard InChI is InChI=1S/C22H20O13/c1-7(24)22(32)14(6-23)34-21(20(22)31)35-19-17(30)15-10(26)4-9(25)5-13(15)33-18(19)8-2-11(27)16(29)12(28)3-8/h2-5,14,20-21,23,25-29,31-32H,6H2,1H3/t14-,20-,21-,22-/m0/s1. The normalized spacial score (nSPS) is 24.1. The summed E-state index contributed by atoms with van der Waals surface area (Å²) in [6, 6.07) is 3.62. The molecule has 4 rings (SSSR count). The monoisotopic (exact) mass is 492 g/mol. The van der Waals surface area contributed by atoms with Gasteiger partial charge in [0.1, 0.15) is 28.6 Å². The van der Waals surface area contributed by atoms with E-state index in [4.69, 9.17) is 13.9 Å². The number of hydrogen-bond acceptors (Lipinski definition) is 13. The molecular weight excluding hydrogens is 472 g/mol. The second-order valence-electron chi connectivity index (χ2n) is 7.91. The van der Waals surface area contributed by atoms with Crippen molar-refractivity contribution in [1.29, 1.82) is 0 Å². The van der Waals surface area contributed by atoms with E-state index in [1.54, 1.807) is 0 Å². The van der Waals surface area contributed by atoms with Crippen molar-refractivity contribution in [3.8, 4) is 45.8 Å². The molecule has 2 aromatic carbocycles. The van der Waals surface area contributed by atoms with E-state index < -0.39 is 87.6 Å². The Labute approximate surface area is 194 Å². The van der Waals surface area contributed by atoms with E-state index in [0.717, 1.165) is 31.2 Å². The highest BCUT2D eigenvalue weighted by Gasteiger charge is 2.59. The molecule has 1 aromatic heterocycles. The molecule has 0 amide bonds. The van der Waals surface area contributed by atoms with E-state index >= 15 is 0 Å². The highest BCUT2D eigenvalue weighted by Crippen LogP contribution is 2.43. The van der Waals surface area contributed by atoms with Crippen molar-refractivity contribution in [3.63, 3.8) is 0 Å². The Hall–Kier alpha value is -4.04. The number of Topliss-reactive ketones (excluding diaryl/α,β-unsaturated/α-hetero) is 1. The van der Waals surface area contributed by atoms with Gasteiger partial charge < -0.3 is 54.7 Å². The van der Waals surface area contributed by atoms with Gasteiger partial charge in [-0.25, -0.2) is 0 Å². The Morgan fingerprint density at radius 2 is 1.69 bits per heavy atom. The van der Waals surface area contributed by atoms with Crippen molar-refractivity contribution in [2.45, 2.75) is 31.0 Å². The molecule has 0 radical (unpaired) electrons. The van der Waals surface area contributed by atoms with E-state index in [1.807, 2.05) is 0 Å². The number of aromatic hydroxyl groups is 5. The Bertz CT molecular complexity index is 1370. The number of phenolic OH excluding ortho intramolecular Hbond substituents is 5. The van der Waals surface area contributed by atoms with Gasteiger partial charge in [-0.2, -0.15) is 0 Å². The van der Waals surface area contributed by atoms with Crippen molar-refractivity contribution in [1.82, 2.24) is 0 Å². The summed E-state index contributed by atoms with van der Waals surface area (Å²) in [6.07, 6.45) is -5.61. The number of hydrogen-bond donors (Lipinski definition) is 8. The lowest BCUT2D eigenvalue weighted by molar-refractivity contribution is -0.152. The second-order valence-corrected chi connectivity index (χ2v) is 7.91. The Balaban J connectivity index is 1.95. The van der Waals surface area contributed by atoms with Gasteiger partial charge in [0, 0.05) is 17.7 Å². The molecule has 186 valence electrons. The predicted octanol–water partition coefficient (Wildman–Crippen LogP) is -0.235. The van der Waals surface area contributed by atoms with Gasteiger partial charge in [-0.05, 0) is 19.1 Å². The molecule has 3 aromatic rings. The van der Waals surface area contributed by atoms with Crippen LogP contribution in [-0.2, 0) is 9.53 Å². The van der Waals surface area contributed by atoms with Crippen LogP contribution in [0.15, 0.2) is 33.5 Å². The zero-order valence-corrected chi connectivity index (χ0v) is 17.9. The number of rotatable bonds is 5. The van der Waals surface area contributed by atoms with Gasteiger partial charge in [-0.15, -0.1) is 0 Å². The fourth-order valence-corrected chi connectivity index (χ4v) is 3.86. The van der Waals surface area contributed by atoms with Gasteiger partial charge in [-0.3, -0.25) is 9.59 Å². The molecule has 0 unspecified atom stereocenters. The van der Waals surface area contributed by atoms with E-state index in [0.29, 0.717) is 0 Å². The first kappa shape index (κ1) is 24.1. The predicted molar refractivity (Wildman–Crippen MR) is 114 cm³/mol. The first-order valence-electron chi connectivity index (χ1n) is 10.0. The van der Waals surface area contributed by atoms with Gasteiger partial charge in [0.25, 0.3) is 0 Å². The molecule has 0 saturated carbocycles. The molecule has 1 aliphatic rings. The van der Waals surface area contributed by atoms with Crippen LogP contribution < -0.4 is 10.2 Å². The first-order chi connectivity index (χ1) is 16.4. The minimum absolute atomic E-state index is 0.234. The number of fused-ring (bicyclic) bond motifs is 1. The number of benzene rings is 2. The summed E-state index contributed by atoms with van der Waals surface area (Å²) in [5, 5.41) is 79.7. The molecule has 13 nitrogen and oxygen atoms in total. The number of phenols is 5. The second kappa shape index (κ2) is 8.32. The fourth-order valence-electron chi connectivity index (χ4n) is 3.86. The minimum Gasteiger partial charge on any atom is -0.508 e. The van der Waals surface area contributed by atoms with Crippen molar-refractivity contribution >= 4 is 16.8 Å². The van der Waals surface area contributed by atoms with Gasteiger partial charge in [0.05, 0.1) is 6.61 Å². The average Bonchev–Trinajstić information content (AvgIpc) is 3.03. The van der Waals surface area contributed by atoms with E-state index in [9.17, 15) is 50.4 Å². The third-order valence-corrected chi connectivity index (χ3v) is 5.71. The first-order valence-corrected chi connectivity index (χ1v) is 10.0. The highest BCUT2D eigenvalue weighted by molar-refractivity contribution is 5.89. The minimum atomic E-state index is -2.58. The van der Waals surface area contributed by atoms with Crippen LogP contribution in [0.3, 0.4) is 0 Å². The van der Waals surface area contributed by atoms with E-state index in [2.05, 4.69) is 0 Å². The molecule has 2 heterocycles. The average molecular weight is 492 g/mol. The van der Waals surface area contributed by atoms with Crippen molar-refractivity contribution < 1.29 is 59.5 Å². The molecule has 35 heavy (non-hydrogen) atoms. The zero-order valence-electron chi connectivity index (χ0n) is 17.9. The van der Waals surface area contributed by atoms with Crippen LogP contribution in [0.1, 0.15) is 6.92 Å². The van der Waals surface area contributed by atoms with E-state index in [1.165, 1.54) is 0 Å². The number of ketones is 1. The zero-order chi connectivity index (χ0) is 25.8. The molecule has 4 atom stereocenters. The van der Waals surface area contributed by atoms with E-state index in [-0.39, 0.29) is 11.1 Å². The number of carbonyl (C=O) groups excluding carboxylic acids is 1. The third-order valence-electron chi connectivity index (χ3n) is 5.71. The topological polar surface area (TPSA) is 228 Å². The summed E-state index contributed by atoms with van der Waals surface area (Å²) in [5.41, 5.74) is -4.23. The lowest BCUT2D eigenvalue weighted by Crippen LogP contribution is -2.55. The van der Waals surface area contributed by atoms with Gasteiger partial charge in [0.15, 0.2) is 40.5 Å². The molecule has 1 saturated heterocycles. The van der Waals surface area contributed by atoms with Crippen LogP contribution in [0.5, 0.6) is 34.5 Å². The number of carbonyl (C=O) groups is 1. The Kier molecular flexibility index (Phi) is 5.73. The lowest BCUT2D eigenvalue weighted by Gasteiger charge is -2.26. The smallest absolute Gasteiger partial charge is 0.239 e. The fraction of sp³-hybridized carbons (Fsp3) is 0.273. The SMILES string of the molecule is CC(=O)[C@]1(O)[C@H](CO)O[C@@H](Oc2c(-c3cc(O)c(O)c(O)c3)oc3cc(O)cc(O)c3c2=O)[C@@H]1O. The van der Waals surface area contributed by atoms with Crippen LogP contribution in [0, 0.1) is 0 Å². The Morgan fingerprint density at radius 3 is 2.23 bits per heavy atom. The molecule has 0 spiro atoms. The summed E-state index contributed by atoms with van der Waals surface area (Å²) in [4.78, 5) is 25.3. The largest absolute Gasteiger partial charge is 0.508 e.